The molecule has 3 aromatic heterocycles. The van der Waals surface area contributed by atoms with Gasteiger partial charge in [0.15, 0.2) is 23.2 Å². The second-order valence-corrected chi connectivity index (χ2v) is 9.15. The van der Waals surface area contributed by atoms with Gasteiger partial charge >= 0.3 is 6.01 Å². The van der Waals surface area contributed by atoms with Crippen LogP contribution in [0, 0.1) is 17.6 Å². The van der Waals surface area contributed by atoms with E-state index >= 15 is 4.39 Å². The van der Waals surface area contributed by atoms with Crippen LogP contribution >= 0.6 is 0 Å². The average Bonchev–Trinajstić information content (AvgIpc) is 3.53. The van der Waals surface area contributed by atoms with Crippen molar-refractivity contribution in [2.45, 2.75) is 38.0 Å². The minimum Gasteiger partial charge on any atom is -0.421 e. The SMILES string of the molecule is CNc1cc(F)c(F)c2c1[nH]c1nc(Oc3cnc([C@@H](C)O)nc3)nc(N3C[C@@H]4C[C@@H]3C[C@H]4N)c12. The molecule has 182 valence electrons. The van der Waals surface area contributed by atoms with E-state index in [0.717, 1.165) is 18.9 Å². The Balaban J connectivity index is 1.53. The quantitative estimate of drug-likeness (QED) is 0.338. The smallest absolute Gasteiger partial charge is 0.326 e. The highest BCUT2D eigenvalue weighted by molar-refractivity contribution is 6.15. The molecule has 6 rings (SSSR count). The lowest BCUT2D eigenvalue weighted by molar-refractivity contribution is 0.188. The first-order chi connectivity index (χ1) is 16.8. The van der Waals surface area contributed by atoms with Gasteiger partial charge in [0.05, 0.1) is 34.4 Å². The molecule has 0 unspecified atom stereocenters. The first kappa shape index (κ1) is 21.9. The first-order valence-corrected chi connectivity index (χ1v) is 11.4. The topological polar surface area (TPSA) is 138 Å². The third-order valence-corrected chi connectivity index (χ3v) is 6.95. The van der Waals surface area contributed by atoms with Gasteiger partial charge in [-0.1, -0.05) is 0 Å². The minimum atomic E-state index is -0.966. The van der Waals surface area contributed by atoms with Crippen LogP contribution in [0.4, 0.5) is 20.3 Å². The molecule has 2 fully saturated rings. The molecule has 4 heterocycles. The third kappa shape index (κ3) is 3.43. The van der Waals surface area contributed by atoms with E-state index in [9.17, 15) is 9.50 Å². The van der Waals surface area contributed by atoms with Crippen LogP contribution < -0.4 is 20.7 Å². The number of nitrogens with one attached hydrogen (secondary N) is 2. The summed E-state index contributed by atoms with van der Waals surface area (Å²) >= 11 is 0. The minimum absolute atomic E-state index is 0.00594. The number of anilines is 2. The highest BCUT2D eigenvalue weighted by Crippen LogP contribution is 2.44. The van der Waals surface area contributed by atoms with E-state index < -0.39 is 17.7 Å². The van der Waals surface area contributed by atoms with Gasteiger partial charge in [0, 0.05) is 31.7 Å². The molecule has 4 aromatic rings. The Kier molecular flexibility index (Phi) is 4.97. The molecule has 10 nitrogen and oxygen atoms in total. The maximum absolute atomic E-state index is 15.2. The molecule has 0 spiro atoms. The third-order valence-electron chi connectivity index (χ3n) is 6.95. The largest absolute Gasteiger partial charge is 0.421 e. The molecule has 1 saturated carbocycles. The number of nitrogens with two attached hydrogens (primary N) is 1. The highest BCUT2D eigenvalue weighted by atomic mass is 19.2. The molecule has 5 N–H and O–H groups in total. The summed E-state index contributed by atoms with van der Waals surface area (Å²) in [5.41, 5.74) is 7.35. The summed E-state index contributed by atoms with van der Waals surface area (Å²) in [7, 11) is 1.64. The normalized spacial score (nSPS) is 22.3. The predicted molar refractivity (Wildman–Crippen MR) is 125 cm³/mol. The lowest BCUT2D eigenvalue weighted by Crippen LogP contribution is -2.41. The number of fused-ring (bicyclic) bond motifs is 5. The number of aromatic nitrogens is 5. The van der Waals surface area contributed by atoms with Gasteiger partial charge in [-0.2, -0.15) is 9.97 Å². The van der Waals surface area contributed by atoms with Gasteiger partial charge in [0.2, 0.25) is 0 Å². The summed E-state index contributed by atoms with van der Waals surface area (Å²) in [5, 5.41) is 13.0. The van der Waals surface area contributed by atoms with Crippen molar-refractivity contribution in [2.24, 2.45) is 11.7 Å². The molecule has 0 amide bonds. The van der Waals surface area contributed by atoms with Crippen molar-refractivity contribution in [3.05, 3.63) is 35.9 Å². The van der Waals surface area contributed by atoms with E-state index in [1.807, 2.05) is 0 Å². The van der Waals surface area contributed by atoms with Gasteiger partial charge in [-0.3, -0.25) is 0 Å². The van der Waals surface area contributed by atoms with E-state index in [4.69, 9.17) is 10.5 Å². The van der Waals surface area contributed by atoms with Crippen LogP contribution in [0.2, 0.25) is 0 Å². The highest BCUT2D eigenvalue weighted by Gasteiger charge is 2.44. The van der Waals surface area contributed by atoms with E-state index in [0.29, 0.717) is 40.5 Å². The molecule has 1 aromatic carbocycles. The number of halogens is 2. The van der Waals surface area contributed by atoms with Crippen LogP contribution in [0.15, 0.2) is 18.5 Å². The Morgan fingerprint density at radius 2 is 2.00 bits per heavy atom. The summed E-state index contributed by atoms with van der Waals surface area (Å²) in [6.45, 7) is 2.22. The Morgan fingerprint density at radius 1 is 1.23 bits per heavy atom. The number of aromatic amines is 1. The molecular weight excluding hydrogens is 458 g/mol. The van der Waals surface area contributed by atoms with Crippen LogP contribution in [-0.2, 0) is 0 Å². The van der Waals surface area contributed by atoms with Crippen LogP contribution in [-0.4, -0.2) is 55.7 Å². The number of aliphatic hydroxyl groups excluding tert-OH is 1. The van der Waals surface area contributed by atoms with Gasteiger partial charge in [-0.25, -0.2) is 18.7 Å². The molecule has 12 heteroatoms. The number of H-pyrrole nitrogens is 1. The zero-order valence-electron chi connectivity index (χ0n) is 19.1. The standard InChI is InChI=1S/C23H24F2N8O2/c1-9(34)20-28-6-12(7-29-20)35-23-31-21-17(16-18(25)13(24)5-15(27-2)19(16)30-21)22(32-23)33-8-10-3-11(33)4-14(10)26/h5-7,9-11,14,27,34H,3-4,8,26H2,1-2H3,(H,30,31,32)/t9-,10+,11-,14-/m1/s1. The molecule has 35 heavy (non-hydrogen) atoms. The number of aliphatic hydroxyl groups is 1. The lowest BCUT2D eigenvalue weighted by Gasteiger charge is -2.31. The molecule has 1 saturated heterocycles. The van der Waals surface area contributed by atoms with Crippen molar-refractivity contribution in [3.63, 3.8) is 0 Å². The van der Waals surface area contributed by atoms with Crippen molar-refractivity contribution in [1.29, 1.82) is 0 Å². The number of rotatable bonds is 5. The van der Waals surface area contributed by atoms with E-state index in [1.54, 1.807) is 14.0 Å². The van der Waals surface area contributed by atoms with Crippen molar-refractivity contribution in [1.82, 2.24) is 24.9 Å². The van der Waals surface area contributed by atoms with Gasteiger partial charge in [-0.15, -0.1) is 0 Å². The Morgan fingerprint density at radius 3 is 2.63 bits per heavy atom. The maximum atomic E-state index is 15.2. The van der Waals surface area contributed by atoms with E-state index in [2.05, 4.69) is 35.1 Å². The number of piperidine rings is 1. The first-order valence-electron chi connectivity index (χ1n) is 11.4. The molecule has 2 aliphatic rings. The molecule has 1 aliphatic carbocycles. The Labute approximate surface area is 198 Å². The van der Waals surface area contributed by atoms with Crippen molar-refractivity contribution in [3.8, 4) is 11.8 Å². The molecule has 0 radical (unpaired) electrons. The van der Waals surface area contributed by atoms with Crippen LogP contribution in [0.1, 0.15) is 31.7 Å². The molecule has 1 aliphatic heterocycles. The lowest BCUT2D eigenvalue weighted by atomic mass is 10.0. The van der Waals surface area contributed by atoms with Gasteiger partial charge in [0.1, 0.15) is 17.6 Å². The number of benzene rings is 1. The second-order valence-electron chi connectivity index (χ2n) is 9.15. The number of ether oxygens (including phenoxy) is 1. The number of nitrogens with zero attached hydrogens (tertiary/aromatic N) is 5. The number of hydrogen-bond donors (Lipinski definition) is 4. The molecule has 4 atom stereocenters. The monoisotopic (exact) mass is 482 g/mol. The summed E-state index contributed by atoms with van der Waals surface area (Å²) in [4.78, 5) is 22.5. The van der Waals surface area contributed by atoms with Gasteiger partial charge in [-0.05, 0) is 25.7 Å². The van der Waals surface area contributed by atoms with E-state index in [1.165, 1.54) is 12.4 Å². The number of hydrogen-bond acceptors (Lipinski definition) is 9. The van der Waals surface area contributed by atoms with Gasteiger partial charge < -0.3 is 30.8 Å². The fraction of sp³-hybridized carbons (Fsp3) is 0.391. The van der Waals surface area contributed by atoms with Crippen LogP contribution in [0.25, 0.3) is 21.9 Å². The predicted octanol–water partition coefficient (Wildman–Crippen LogP) is 2.99. The summed E-state index contributed by atoms with van der Waals surface area (Å²) in [5.74, 6) is -0.638. The van der Waals surface area contributed by atoms with Crippen LogP contribution in [0.5, 0.6) is 11.8 Å². The van der Waals surface area contributed by atoms with Gasteiger partial charge in [0.25, 0.3) is 0 Å². The average molecular weight is 482 g/mol. The molecule has 2 bridgehead atoms. The zero-order valence-corrected chi connectivity index (χ0v) is 19.1. The Bertz CT molecular complexity index is 1440. The fourth-order valence-electron chi connectivity index (χ4n) is 5.26. The maximum Gasteiger partial charge on any atom is 0.326 e. The zero-order chi connectivity index (χ0) is 24.4. The van der Waals surface area contributed by atoms with Crippen molar-refractivity contribution < 1.29 is 18.6 Å². The summed E-state index contributed by atoms with van der Waals surface area (Å²) in [6.07, 6.45) is 3.72. The van der Waals surface area contributed by atoms with Crippen molar-refractivity contribution >= 4 is 33.4 Å². The summed E-state index contributed by atoms with van der Waals surface area (Å²) in [6, 6.07) is 1.36. The van der Waals surface area contributed by atoms with Crippen molar-refractivity contribution in [2.75, 3.05) is 23.8 Å². The van der Waals surface area contributed by atoms with Crippen LogP contribution in [0.3, 0.4) is 0 Å². The second kappa shape index (κ2) is 7.95. The summed E-state index contributed by atoms with van der Waals surface area (Å²) < 4.78 is 35.5. The van der Waals surface area contributed by atoms with E-state index in [-0.39, 0.29) is 35.1 Å². The molecular formula is C23H24F2N8O2. The fourth-order valence-corrected chi connectivity index (χ4v) is 5.26. The Hall–Kier alpha value is -3.64.